The van der Waals surface area contributed by atoms with E-state index in [0.717, 1.165) is 36.5 Å². The first kappa shape index (κ1) is 19.3. The van der Waals surface area contributed by atoms with Crippen LogP contribution in [0.2, 0.25) is 0 Å². The Balaban J connectivity index is 1.56. The molecule has 0 N–H and O–H groups in total. The van der Waals surface area contributed by atoms with Crippen molar-refractivity contribution in [1.82, 2.24) is 0 Å². The summed E-state index contributed by atoms with van der Waals surface area (Å²) in [5, 5.41) is 8.66. The Morgan fingerprint density at radius 2 is 1.70 bits per heavy atom. The van der Waals surface area contributed by atoms with Crippen molar-refractivity contribution in [2.24, 2.45) is 50.7 Å². The van der Waals surface area contributed by atoms with Gasteiger partial charge in [0.2, 0.25) is 0 Å². The molecule has 0 heterocycles. The van der Waals surface area contributed by atoms with Gasteiger partial charge in [-0.1, -0.05) is 24.2 Å². The summed E-state index contributed by atoms with van der Waals surface area (Å²) in [4.78, 5) is 10.2. The van der Waals surface area contributed by atoms with Gasteiger partial charge in [0.1, 0.15) is 14.2 Å². The van der Waals surface area contributed by atoms with Crippen LogP contribution in [0.5, 0.6) is 0 Å². The molecule has 0 saturated heterocycles. The van der Waals surface area contributed by atoms with Gasteiger partial charge >= 0.3 is 0 Å². The van der Waals surface area contributed by atoms with Gasteiger partial charge in [-0.15, -0.1) is 0 Å². The molecule has 7 atom stereocenters. The zero-order chi connectivity index (χ0) is 19.2. The quantitative estimate of drug-likeness (QED) is 0.472. The number of rotatable bonds is 3. The van der Waals surface area contributed by atoms with Gasteiger partial charge in [0, 0.05) is 5.92 Å². The highest BCUT2D eigenvalue weighted by Gasteiger charge is 2.60. The Hall–Kier alpha value is -1.06. The molecule has 27 heavy (non-hydrogen) atoms. The molecule has 1 unspecified atom stereocenters. The maximum Gasteiger partial charge on any atom is 0.106 e. The van der Waals surface area contributed by atoms with Crippen molar-refractivity contribution < 1.29 is 9.68 Å². The molecule has 0 spiro atoms. The normalized spacial score (nSPS) is 48.6. The molecule has 4 aliphatic carbocycles. The van der Waals surface area contributed by atoms with Crippen molar-refractivity contribution in [2.45, 2.75) is 78.6 Å². The zero-order valence-electron chi connectivity index (χ0n) is 18.0. The van der Waals surface area contributed by atoms with Crippen LogP contribution in [-0.4, -0.2) is 25.6 Å². The second-order valence-electron chi connectivity index (χ2n) is 10.3. The lowest BCUT2D eigenvalue weighted by molar-refractivity contribution is -0.0963. The van der Waals surface area contributed by atoms with E-state index in [1.807, 2.05) is 0 Å². The van der Waals surface area contributed by atoms with E-state index >= 15 is 0 Å². The van der Waals surface area contributed by atoms with Crippen LogP contribution in [0.3, 0.4) is 0 Å². The average molecular weight is 375 g/mol. The van der Waals surface area contributed by atoms with Crippen LogP contribution < -0.4 is 0 Å². The van der Waals surface area contributed by atoms with E-state index < -0.39 is 0 Å². The van der Waals surface area contributed by atoms with Gasteiger partial charge in [0.15, 0.2) is 0 Å². The molecule has 4 aliphatic rings. The minimum Gasteiger partial charge on any atom is -0.399 e. The summed E-state index contributed by atoms with van der Waals surface area (Å²) >= 11 is 0. The van der Waals surface area contributed by atoms with E-state index in [2.05, 4.69) is 31.1 Å². The molecule has 0 aromatic carbocycles. The van der Waals surface area contributed by atoms with Crippen molar-refractivity contribution in [3.8, 4) is 0 Å². The Labute approximate surface area is 165 Å². The largest absolute Gasteiger partial charge is 0.399 e. The number of oxime groups is 2. The fourth-order valence-corrected chi connectivity index (χ4v) is 8.17. The lowest BCUT2D eigenvalue weighted by Gasteiger charge is -2.60. The third-order valence-electron chi connectivity index (χ3n) is 9.46. The average Bonchev–Trinajstić information content (AvgIpc) is 3.00. The van der Waals surface area contributed by atoms with Gasteiger partial charge in [-0.25, -0.2) is 0 Å². The molecule has 0 bridgehead atoms. The van der Waals surface area contributed by atoms with Gasteiger partial charge in [-0.3, -0.25) is 0 Å². The molecule has 0 amide bonds. The van der Waals surface area contributed by atoms with Crippen LogP contribution in [-0.2, 0) is 9.68 Å². The fourth-order valence-electron chi connectivity index (χ4n) is 8.17. The van der Waals surface area contributed by atoms with Gasteiger partial charge in [-0.2, -0.15) is 0 Å². The van der Waals surface area contributed by atoms with E-state index in [0.29, 0.717) is 16.7 Å². The lowest BCUT2D eigenvalue weighted by Crippen LogP contribution is -2.53. The number of nitrogens with zero attached hydrogens (tertiary/aromatic N) is 2. The highest BCUT2D eigenvalue weighted by atomic mass is 16.6. The van der Waals surface area contributed by atoms with Crippen LogP contribution in [0.1, 0.15) is 78.6 Å². The summed E-state index contributed by atoms with van der Waals surface area (Å²) in [7, 11) is 3.37. The van der Waals surface area contributed by atoms with Gasteiger partial charge in [-0.05, 0) is 99.2 Å². The molecular weight excluding hydrogens is 336 g/mol. The molecule has 4 rings (SSSR count). The van der Waals surface area contributed by atoms with E-state index in [4.69, 9.17) is 9.68 Å². The molecule has 4 nitrogen and oxygen atoms in total. The van der Waals surface area contributed by atoms with E-state index in [1.54, 1.807) is 14.2 Å². The monoisotopic (exact) mass is 374 g/mol. The molecule has 4 heteroatoms. The van der Waals surface area contributed by atoms with Gasteiger partial charge < -0.3 is 9.68 Å². The Kier molecular flexibility index (Phi) is 5.05. The summed E-state index contributed by atoms with van der Waals surface area (Å²) < 4.78 is 0. The summed E-state index contributed by atoms with van der Waals surface area (Å²) in [6.45, 7) is 7.37. The van der Waals surface area contributed by atoms with E-state index in [1.165, 1.54) is 56.4 Å². The van der Waals surface area contributed by atoms with Crippen LogP contribution >= 0.6 is 0 Å². The third-order valence-corrected chi connectivity index (χ3v) is 9.46. The maximum atomic E-state index is 5.13. The maximum absolute atomic E-state index is 5.13. The molecule has 0 aromatic heterocycles. The second kappa shape index (κ2) is 7.08. The molecule has 4 saturated carbocycles. The first-order valence-corrected chi connectivity index (χ1v) is 11.1. The van der Waals surface area contributed by atoms with Crippen molar-refractivity contribution in [1.29, 1.82) is 0 Å². The van der Waals surface area contributed by atoms with Crippen molar-refractivity contribution >= 4 is 11.4 Å². The smallest absolute Gasteiger partial charge is 0.106 e. The first-order chi connectivity index (χ1) is 12.9. The summed E-state index contributed by atoms with van der Waals surface area (Å²) in [5.41, 5.74) is 3.45. The summed E-state index contributed by atoms with van der Waals surface area (Å²) in [6, 6.07) is 0. The SMILES string of the molecule is CO/N=C1\CC[C@@]2(C)C(CC[C@H]3[C@@H]4CC[C@H](/C(C)=N/OC)[C@@]4(C)CC[C@@H]32)C1. The lowest BCUT2D eigenvalue weighted by atomic mass is 9.44. The number of fused-ring (bicyclic) bond motifs is 5. The van der Waals surface area contributed by atoms with Crippen LogP contribution in [0.25, 0.3) is 0 Å². The van der Waals surface area contributed by atoms with Crippen molar-refractivity contribution in [3.63, 3.8) is 0 Å². The van der Waals surface area contributed by atoms with Crippen molar-refractivity contribution in [2.75, 3.05) is 14.2 Å². The Bertz CT molecular complexity index is 630. The molecule has 0 aliphatic heterocycles. The minimum atomic E-state index is 0.424. The van der Waals surface area contributed by atoms with Gasteiger partial charge in [0.25, 0.3) is 0 Å². The molecule has 152 valence electrons. The second-order valence-corrected chi connectivity index (χ2v) is 10.3. The van der Waals surface area contributed by atoms with Gasteiger partial charge in [0.05, 0.1) is 11.4 Å². The summed E-state index contributed by atoms with van der Waals surface area (Å²) in [6.07, 6.45) is 11.8. The zero-order valence-corrected chi connectivity index (χ0v) is 18.0. The van der Waals surface area contributed by atoms with E-state index in [-0.39, 0.29) is 0 Å². The van der Waals surface area contributed by atoms with Crippen LogP contribution in [0.4, 0.5) is 0 Å². The standard InChI is InChI=1S/C23H38N2O2/c1-15(24-26-4)19-8-9-20-18-7-6-16-14-17(25-27-5)10-12-22(16,2)21(18)11-13-23(19,20)3/h16,18-21H,6-14H2,1-5H3/b24-15+,25-17+/t16?,18-,19+,20-,21-,22-,23+/m0/s1. The summed E-state index contributed by atoms with van der Waals surface area (Å²) in [5.74, 6) is 4.10. The Morgan fingerprint density at radius 1 is 0.926 bits per heavy atom. The molecule has 0 radical (unpaired) electrons. The number of hydrogen-bond acceptors (Lipinski definition) is 4. The highest BCUT2D eigenvalue weighted by molar-refractivity contribution is 5.85. The van der Waals surface area contributed by atoms with Crippen LogP contribution in [0.15, 0.2) is 10.3 Å². The predicted octanol–water partition coefficient (Wildman–Crippen LogP) is 5.67. The minimum absolute atomic E-state index is 0.424. The third kappa shape index (κ3) is 2.93. The fraction of sp³-hybridized carbons (Fsp3) is 0.913. The van der Waals surface area contributed by atoms with E-state index in [9.17, 15) is 0 Å². The topological polar surface area (TPSA) is 43.2 Å². The molecule has 0 aromatic rings. The molecular formula is C23H38N2O2. The predicted molar refractivity (Wildman–Crippen MR) is 110 cm³/mol. The number of hydrogen-bond donors (Lipinski definition) is 0. The highest BCUT2D eigenvalue weighted by Crippen LogP contribution is 2.67. The Morgan fingerprint density at radius 3 is 2.44 bits per heavy atom. The van der Waals surface area contributed by atoms with Crippen molar-refractivity contribution in [3.05, 3.63) is 0 Å². The van der Waals surface area contributed by atoms with Crippen LogP contribution in [0, 0.1) is 40.4 Å². The molecule has 4 fully saturated rings. The first-order valence-electron chi connectivity index (χ1n) is 11.1.